The molecule has 1 aromatic carbocycles. The molecule has 0 spiro atoms. The molecule has 0 saturated heterocycles. The molecule has 0 radical (unpaired) electrons. The Morgan fingerprint density at radius 2 is 1.86 bits per heavy atom. The predicted molar refractivity (Wildman–Crippen MR) is 87.9 cm³/mol. The van der Waals surface area contributed by atoms with E-state index in [2.05, 4.69) is 33.0 Å². The number of amides is 1. The summed E-state index contributed by atoms with van der Waals surface area (Å²) in [6, 6.07) is 14.0. The zero-order valence-electron chi connectivity index (χ0n) is 13.0. The van der Waals surface area contributed by atoms with Crippen LogP contribution in [0.2, 0.25) is 0 Å². The van der Waals surface area contributed by atoms with Crippen molar-refractivity contribution in [2.45, 2.75) is 32.7 Å². The Morgan fingerprint density at radius 1 is 1.09 bits per heavy atom. The summed E-state index contributed by atoms with van der Waals surface area (Å²) in [5.74, 6) is 0.493. The smallest absolute Gasteiger partial charge is 0.271 e. The zero-order chi connectivity index (χ0) is 15.8. The molecule has 5 heteroatoms. The highest BCUT2D eigenvalue weighted by Crippen LogP contribution is 2.04. The molecule has 1 amide bonds. The molecule has 0 aliphatic heterocycles. The molecule has 2 N–H and O–H groups in total. The van der Waals surface area contributed by atoms with Crippen LogP contribution in [0.25, 0.3) is 0 Å². The first-order chi connectivity index (χ1) is 10.6. The minimum atomic E-state index is -0.184. The molecule has 0 fully saturated rings. The van der Waals surface area contributed by atoms with Crippen molar-refractivity contribution < 1.29 is 4.79 Å². The van der Waals surface area contributed by atoms with Crippen molar-refractivity contribution >= 4 is 11.7 Å². The Morgan fingerprint density at radius 3 is 2.50 bits per heavy atom. The van der Waals surface area contributed by atoms with Gasteiger partial charge in [-0.2, -0.15) is 0 Å². The molecule has 1 heterocycles. The van der Waals surface area contributed by atoms with Crippen molar-refractivity contribution in [1.82, 2.24) is 15.5 Å². The van der Waals surface area contributed by atoms with E-state index >= 15 is 0 Å². The second-order valence-electron chi connectivity index (χ2n) is 5.45. The van der Waals surface area contributed by atoms with Crippen LogP contribution < -0.4 is 10.6 Å². The third-order valence-electron chi connectivity index (χ3n) is 3.10. The predicted octanol–water partition coefficient (Wildman–Crippen LogP) is 2.66. The molecule has 0 saturated carbocycles. The van der Waals surface area contributed by atoms with Crippen LogP contribution in [0, 0.1) is 0 Å². The lowest BCUT2D eigenvalue weighted by atomic mass is 10.1. The topological polar surface area (TPSA) is 66.9 Å². The highest BCUT2D eigenvalue weighted by Gasteiger charge is 2.07. The van der Waals surface area contributed by atoms with E-state index in [-0.39, 0.29) is 11.9 Å². The van der Waals surface area contributed by atoms with Crippen LogP contribution in [0.5, 0.6) is 0 Å². The lowest BCUT2D eigenvalue weighted by molar-refractivity contribution is 0.0947. The molecule has 2 rings (SSSR count). The molecular weight excluding hydrogens is 276 g/mol. The van der Waals surface area contributed by atoms with E-state index in [0.29, 0.717) is 18.1 Å². The number of carbonyl (C=O) groups is 1. The molecule has 0 atom stereocenters. The van der Waals surface area contributed by atoms with Crippen LogP contribution in [0.1, 0.15) is 36.3 Å². The minimum Gasteiger partial charge on any atom is -0.366 e. The average Bonchev–Trinajstić information content (AvgIpc) is 2.52. The summed E-state index contributed by atoms with van der Waals surface area (Å²) >= 11 is 0. The SMILES string of the molecule is CC(C)Nc1ccc(C(=O)NCCCc2ccccc2)nn1. The van der Waals surface area contributed by atoms with E-state index in [1.807, 2.05) is 32.0 Å². The molecule has 0 aliphatic carbocycles. The quantitative estimate of drug-likeness (QED) is 0.771. The number of anilines is 1. The summed E-state index contributed by atoms with van der Waals surface area (Å²) < 4.78 is 0. The van der Waals surface area contributed by atoms with E-state index < -0.39 is 0 Å². The first-order valence-corrected chi connectivity index (χ1v) is 7.57. The fourth-order valence-corrected chi connectivity index (χ4v) is 2.06. The monoisotopic (exact) mass is 298 g/mol. The molecule has 116 valence electrons. The first-order valence-electron chi connectivity index (χ1n) is 7.57. The van der Waals surface area contributed by atoms with Gasteiger partial charge in [0.15, 0.2) is 5.69 Å². The van der Waals surface area contributed by atoms with Crippen molar-refractivity contribution in [2.24, 2.45) is 0 Å². The van der Waals surface area contributed by atoms with Crippen LogP contribution >= 0.6 is 0 Å². The van der Waals surface area contributed by atoms with Gasteiger partial charge in [0.1, 0.15) is 5.82 Å². The Kier molecular flexibility index (Phi) is 5.89. The molecular formula is C17H22N4O. The van der Waals surface area contributed by atoms with Gasteiger partial charge in [-0.15, -0.1) is 10.2 Å². The van der Waals surface area contributed by atoms with Gasteiger partial charge in [-0.1, -0.05) is 30.3 Å². The number of rotatable bonds is 7. The Bertz CT molecular complexity index is 581. The number of hydrogen-bond acceptors (Lipinski definition) is 4. The van der Waals surface area contributed by atoms with Gasteiger partial charge in [0.25, 0.3) is 5.91 Å². The number of carbonyl (C=O) groups excluding carboxylic acids is 1. The van der Waals surface area contributed by atoms with Gasteiger partial charge in [-0.3, -0.25) is 4.79 Å². The van der Waals surface area contributed by atoms with Gasteiger partial charge in [0, 0.05) is 12.6 Å². The summed E-state index contributed by atoms with van der Waals surface area (Å²) in [4.78, 5) is 12.0. The Hall–Kier alpha value is -2.43. The molecule has 0 unspecified atom stereocenters. The average molecular weight is 298 g/mol. The summed E-state index contributed by atoms with van der Waals surface area (Å²) in [6.45, 7) is 4.67. The highest BCUT2D eigenvalue weighted by atomic mass is 16.1. The number of benzene rings is 1. The first kappa shape index (κ1) is 15.9. The number of aromatic nitrogens is 2. The van der Waals surface area contributed by atoms with Gasteiger partial charge in [-0.05, 0) is 44.4 Å². The van der Waals surface area contributed by atoms with Gasteiger partial charge in [0.2, 0.25) is 0 Å². The standard InChI is InChI=1S/C17H22N4O/c1-13(2)19-16-11-10-15(20-21-16)17(22)18-12-6-9-14-7-4-3-5-8-14/h3-5,7-8,10-11,13H,6,9,12H2,1-2H3,(H,18,22)(H,19,21). The lowest BCUT2D eigenvalue weighted by Gasteiger charge is -2.08. The van der Waals surface area contributed by atoms with E-state index in [9.17, 15) is 4.79 Å². The Labute approximate surface area is 131 Å². The third kappa shape index (κ3) is 5.16. The molecule has 1 aromatic heterocycles. The van der Waals surface area contributed by atoms with Gasteiger partial charge >= 0.3 is 0 Å². The largest absolute Gasteiger partial charge is 0.366 e. The molecule has 0 aliphatic rings. The van der Waals surface area contributed by atoms with Gasteiger partial charge < -0.3 is 10.6 Å². The maximum absolute atomic E-state index is 12.0. The van der Waals surface area contributed by atoms with Crippen LogP contribution in [-0.4, -0.2) is 28.7 Å². The van der Waals surface area contributed by atoms with Crippen LogP contribution in [0.15, 0.2) is 42.5 Å². The summed E-state index contributed by atoms with van der Waals surface area (Å²) in [5, 5.41) is 13.9. The van der Waals surface area contributed by atoms with Crippen molar-refractivity contribution in [3.8, 4) is 0 Å². The minimum absolute atomic E-state index is 0.184. The van der Waals surface area contributed by atoms with Crippen molar-refractivity contribution in [1.29, 1.82) is 0 Å². The maximum atomic E-state index is 12.0. The van der Waals surface area contributed by atoms with E-state index in [1.165, 1.54) is 5.56 Å². The van der Waals surface area contributed by atoms with E-state index in [1.54, 1.807) is 12.1 Å². The fourth-order valence-electron chi connectivity index (χ4n) is 2.06. The van der Waals surface area contributed by atoms with Crippen molar-refractivity contribution in [2.75, 3.05) is 11.9 Å². The number of aryl methyl sites for hydroxylation is 1. The third-order valence-corrected chi connectivity index (χ3v) is 3.10. The summed E-state index contributed by atoms with van der Waals surface area (Å²) in [6.07, 6.45) is 1.85. The normalized spacial score (nSPS) is 10.5. The maximum Gasteiger partial charge on any atom is 0.271 e. The summed E-state index contributed by atoms with van der Waals surface area (Å²) in [5.41, 5.74) is 1.62. The number of hydrogen-bond donors (Lipinski definition) is 2. The molecule has 2 aromatic rings. The van der Waals surface area contributed by atoms with Gasteiger partial charge in [0.05, 0.1) is 0 Å². The number of nitrogens with one attached hydrogen (secondary N) is 2. The van der Waals surface area contributed by atoms with Crippen LogP contribution in [-0.2, 0) is 6.42 Å². The van der Waals surface area contributed by atoms with Crippen molar-refractivity contribution in [3.63, 3.8) is 0 Å². The molecule has 5 nitrogen and oxygen atoms in total. The lowest BCUT2D eigenvalue weighted by Crippen LogP contribution is -2.26. The second kappa shape index (κ2) is 8.12. The number of nitrogens with zero attached hydrogens (tertiary/aromatic N) is 2. The Balaban J connectivity index is 1.75. The van der Waals surface area contributed by atoms with Crippen LogP contribution in [0.3, 0.4) is 0 Å². The van der Waals surface area contributed by atoms with Crippen molar-refractivity contribution in [3.05, 3.63) is 53.7 Å². The summed E-state index contributed by atoms with van der Waals surface area (Å²) in [7, 11) is 0. The molecule has 0 bridgehead atoms. The van der Waals surface area contributed by atoms with Gasteiger partial charge in [-0.25, -0.2) is 0 Å². The second-order valence-corrected chi connectivity index (χ2v) is 5.45. The van der Waals surface area contributed by atoms with E-state index in [4.69, 9.17) is 0 Å². The molecule has 22 heavy (non-hydrogen) atoms. The van der Waals surface area contributed by atoms with Crippen LogP contribution in [0.4, 0.5) is 5.82 Å². The highest BCUT2D eigenvalue weighted by molar-refractivity contribution is 5.92. The zero-order valence-corrected chi connectivity index (χ0v) is 13.0. The fraction of sp³-hybridized carbons (Fsp3) is 0.353. The van der Waals surface area contributed by atoms with E-state index in [0.717, 1.165) is 12.8 Å².